The fourth-order valence-electron chi connectivity index (χ4n) is 2.65. The molecule has 0 spiro atoms. The Morgan fingerprint density at radius 3 is 2.40 bits per heavy atom. The molecule has 2 rings (SSSR count). The molecular weight excluding hydrogens is 318 g/mol. The Kier molecular flexibility index (Phi) is 5.07. The minimum atomic E-state index is -0.620. The third-order valence-electron chi connectivity index (χ3n) is 3.53. The Labute approximate surface area is 129 Å². The van der Waals surface area contributed by atoms with Gasteiger partial charge in [0.15, 0.2) is 0 Å². The van der Waals surface area contributed by atoms with Gasteiger partial charge in [-0.3, -0.25) is 4.90 Å². The van der Waals surface area contributed by atoms with Gasteiger partial charge in [-0.2, -0.15) is 0 Å². The number of anilines is 1. The standard InChI is InChI=1S/C15H24BrN3O/c1-15(2,20)11-18-3-5-19(6-4-18)14-8-12(10-17)7-13(16)9-14/h7-9,20H,3-6,10-11,17H2,1-2H3. The molecule has 1 aromatic carbocycles. The second-order valence-corrected chi connectivity index (χ2v) is 7.01. The van der Waals surface area contributed by atoms with Gasteiger partial charge in [-0.1, -0.05) is 15.9 Å². The quantitative estimate of drug-likeness (QED) is 0.876. The number of nitrogens with two attached hydrogens (primary N) is 1. The maximum absolute atomic E-state index is 9.88. The van der Waals surface area contributed by atoms with Crippen LogP contribution in [0.1, 0.15) is 19.4 Å². The van der Waals surface area contributed by atoms with Crippen LogP contribution in [0.2, 0.25) is 0 Å². The first-order valence-corrected chi connectivity index (χ1v) is 7.86. The van der Waals surface area contributed by atoms with Gasteiger partial charge in [-0.25, -0.2) is 0 Å². The molecule has 0 saturated carbocycles. The van der Waals surface area contributed by atoms with Crippen molar-refractivity contribution in [3.8, 4) is 0 Å². The lowest BCUT2D eigenvalue weighted by molar-refractivity contribution is 0.0345. The van der Waals surface area contributed by atoms with Gasteiger partial charge in [0.25, 0.3) is 0 Å². The lowest BCUT2D eigenvalue weighted by Crippen LogP contribution is -2.50. The van der Waals surface area contributed by atoms with Crippen LogP contribution in [0.15, 0.2) is 22.7 Å². The van der Waals surface area contributed by atoms with Crippen molar-refractivity contribution in [1.82, 2.24) is 4.90 Å². The highest BCUT2D eigenvalue weighted by molar-refractivity contribution is 9.10. The lowest BCUT2D eigenvalue weighted by atomic mass is 10.1. The average Bonchev–Trinajstić information content (AvgIpc) is 2.37. The van der Waals surface area contributed by atoms with Crippen molar-refractivity contribution in [1.29, 1.82) is 0 Å². The van der Waals surface area contributed by atoms with Gasteiger partial charge in [0.1, 0.15) is 0 Å². The van der Waals surface area contributed by atoms with Crippen molar-refractivity contribution in [3.05, 3.63) is 28.2 Å². The summed E-state index contributed by atoms with van der Waals surface area (Å²) in [4.78, 5) is 4.70. The SMILES string of the molecule is CC(C)(O)CN1CCN(c2cc(Br)cc(CN)c2)CC1. The molecule has 1 aliphatic rings. The van der Waals surface area contributed by atoms with Crippen LogP contribution in [0.3, 0.4) is 0 Å². The number of hydrogen-bond donors (Lipinski definition) is 2. The second-order valence-electron chi connectivity index (χ2n) is 6.10. The van der Waals surface area contributed by atoms with E-state index in [9.17, 15) is 5.11 Å². The number of rotatable bonds is 4. The van der Waals surface area contributed by atoms with Crippen molar-refractivity contribution in [2.75, 3.05) is 37.6 Å². The van der Waals surface area contributed by atoms with E-state index in [1.807, 2.05) is 13.8 Å². The van der Waals surface area contributed by atoms with Crippen LogP contribution >= 0.6 is 15.9 Å². The summed E-state index contributed by atoms with van der Waals surface area (Å²) in [6.07, 6.45) is 0. The molecule has 0 aliphatic carbocycles. The molecule has 4 nitrogen and oxygen atoms in total. The molecule has 1 saturated heterocycles. The second kappa shape index (κ2) is 6.43. The van der Waals surface area contributed by atoms with Gasteiger partial charge in [-0.15, -0.1) is 0 Å². The smallest absolute Gasteiger partial charge is 0.0718 e. The van der Waals surface area contributed by atoms with Crippen molar-refractivity contribution in [2.45, 2.75) is 26.0 Å². The Bertz CT molecular complexity index is 451. The fraction of sp³-hybridized carbons (Fsp3) is 0.600. The van der Waals surface area contributed by atoms with Gasteiger partial charge < -0.3 is 15.7 Å². The van der Waals surface area contributed by atoms with Crippen LogP contribution < -0.4 is 10.6 Å². The zero-order valence-corrected chi connectivity index (χ0v) is 13.9. The minimum Gasteiger partial charge on any atom is -0.389 e. The lowest BCUT2D eigenvalue weighted by Gasteiger charge is -2.38. The Morgan fingerprint density at radius 1 is 1.20 bits per heavy atom. The predicted molar refractivity (Wildman–Crippen MR) is 87.0 cm³/mol. The Balaban J connectivity index is 1.98. The van der Waals surface area contributed by atoms with Crippen LogP contribution in [0.4, 0.5) is 5.69 Å². The summed E-state index contributed by atoms with van der Waals surface area (Å²) in [6.45, 7) is 8.94. The van der Waals surface area contributed by atoms with E-state index in [-0.39, 0.29) is 0 Å². The monoisotopic (exact) mass is 341 g/mol. The van der Waals surface area contributed by atoms with Crippen molar-refractivity contribution < 1.29 is 5.11 Å². The number of hydrogen-bond acceptors (Lipinski definition) is 4. The van der Waals surface area contributed by atoms with Gasteiger partial charge in [0.2, 0.25) is 0 Å². The topological polar surface area (TPSA) is 52.7 Å². The number of aliphatic hydroxyl groups is 1. The van der Waals surface area contributed by atoms with E-state index in [2.05, 4.69) is 43.9 Å². The summed E-state index contributed by atoms with van der Waals surface area (Å²) in [6, 6.07) is 6.37. The molecular formula is C15H24BrN3O. The van der Waals surface area contributed by atoms with Crippen LogP contribution in [0, 0.1) is 0 Å². The van der Waals surface area contributed by atoms with Crippen LogP contribution in [0.5, 0.6) is 0 Å². The van der Waals surface area contributed by atoms with E-state index in [0.29, 0.717) is 6.54 Å². The molecule has 1 aliphatic heterocycles. The molecule has 0 amide bonds. The summed E-state index contributed by atoms with van der Waals surface area (Å²) < 4.78 is 1.08. The highest BCUT2D eigenvalue weighted by Crippen LogP contribution is 2.24. The molecule has 112 valence electrons. The van der Waals surface area contributed by atoms with Gasteiger partial charge in [0, 0.05) is 49.4 Å². The number of β-amino-alcohol motifs (C(OH)–C–C–N with tert-alkyl or cyclic N) is 1. The molecule has 0 radical (unpaired) electrons. The maximum atomic E-state index is 9.88. The van der Waals surface area contributed by atoms with E-state index in [1.165, 1.54) is 5.69 Å². The maximum Gasteiger partial charge on any atom is 0.0718 e. The molecule has 0 atom stereocenters. The van der Waals surface area contributed by atoms with Crippen LogP contribution in [-0.2, 0) is 6.54 Å². The van der Waals surface area contributed by atoms with E-state index in [0.717, 1.165) is 42.8 Å². The van der Waals surface area contributed by atoms with Gasteiger partial charge in [-0.05, 0) is 37.6 Å². The summed E-state index contributed by atoms with van der Waals surface area (Å²) in [7, 11) is 0. The fourth-order valence-corrected chi connectivity index (χ4v) is 3.17. The molecule has 1 fully saturated rings. The third kappa shape index (κ3) is 4.45. The molecule has 0 aromatic heterocycles. The number of benzene rings is 1. The largest absolute Gasteiger partial charge is 0.389 e. The Hall–Kier alpha value is -0.620. The molecule has 0 unspecified atom stereocenters. The van der Waals surface area contributed by atoms with Crippen LogP contribution in [0.25, 0.3) is 0 Å². The zero-order valence-electron chi connectivity index (χ0n) is 12.3. The summed E-state index contributed by atoms with van der Waals surface area (Å²) >= 11 is 3.55. The molecule has 20 heavy (non-hydrogen) atoms. The average molecular weight is 342 g/mol. The first-order chi connectivity index (χ1) is 9.37. The minimum absolute atomic E-state index is 0.561. The summed E-state index contributed by atoms with van der Waals surface area (Å²) in [5.41, 5.74) is 7.48. The molecule has 5 heteroatoms. The molecule has 0 bridgehead atoms. The number of piperazine rings is 1. The molecule has 1 aromatic rings. The van der Waals surface area contributed by atoms with Gasteiger partial charge >= 0.3 is 0 Å². The molecule has 3 N–H and O–H groups in total. The van der Waals surface area contributed by atoms with Crippen molar-refractivity contribution >= 4 is 21.6 Å². The van der Waals surface area contributed by atoms with E-state index in [1.54, 1.807) is 0 Å². The third-order valence-corrected chi connectivity index (χ3v) is 3.98. The zero-order chi connectivity index (χ0) is 14.8. The number of halogens is 1. The van der Waals surface area contributed by atoms with E-state index < -0.39 is 5.60 Å². The van der Waals surface area contributed by atoms with Crippen LogP contribution in [-0.4, -0.2) is 48.3 Å². The van der Waals surface area contributed by atoms with E-state index in [4.69, 9.17) is 5.73 Å². The first kappa shape index (κ1) is 15.8. The highest BCUT2D eigenvalue weighted by Gasteiger charge is 2.23. The van der Waals surface area contributed by atoms with E-state index >= 15 is 0 Å². The van der Waals surface area contributed by atoms with Crippen molar-refractivity contribution in [3.63, 3.8) is 0 Å². The first-order valence-electron chi connectivity index (χ1n) is 7.06. The molecule has 1 heterocycles. The normalized spacial score (nSPS) is 17.6. The number of nitrogens with zero attached hydrogens (tertiary/aromatic N) is 2. The highest BCUT2D eigenvalue weighted by atomic mass is 79.9. The Morgan fingerprint density at radius 2 is 1.85 bits per heavy atom. The predicted octanol–water partition coefficient (Wildman–Crippen LogP) is 1.80. The summed E-state index contributed by atoms with van der Waals surface area (Å²) in [5.74, 6) is 0. The van der Waals surface area contributed by atoms with Crippen molar-refractivity contribution in [2.24, 2.45) is 5.73 Å². The summed E-state index contributed by atoms with van der Waals surface area (Å²) in [5, 5.41) is 9.88. The van der Waals surface area contributed by atoms with Gasteiger partial charge in [0.05, 0.1) is 5.60 Å².